The molecule has 3 heterocycles. The summed E-state index contributed by atoms with van der Waals surface area (Å²) in [5.74, 6) is -5.04. The smallest absolute Gasteiger partial charge is 0.312 e. The summed E-state index contributed by atoms with van der Waals surface area (Å²) >= 11 is 0. The summed E-state index contributed by atoms with van der Waals surface area (Å²) in [6.45, 7) is 12.9. The molecule has 0 amide bonds. The lowest BCUT2D eigenvalue weighted by Crippen LogP contribution is -2.60. The van der Waals surface area contributed by atoms with E-state index in [1.807, 2.05) is 25.9 Å². The molecule has 13 heteroatoms. The zero-order chi connectivity index (χ0) is 37.0. The minimum Gasteiger partial charge on any atom is -0.461 e. The maximum Gasteiger partial charge on any atom is 0.312 e. The number of rotatable bonds is 7. The first kappa shape index (κ1) is 41.2. The van der Waals surface area contributed by atoms with Crippen LogP contribution in [0.5, 0.6) is 0 Å². The van der Waals surface area contributed by atoms with Gasteiger partial charge in [0.25, 0.3) is 0 Å². The van der Waals surface area contributed by atoms with E-state index in [2.05, 4.69) is 4.98 Å². The van der Waals surface area contributed by atoms with E-state index in [9.17, 15) is 35.1 Å². The van der Waals surface area contributed by atoms with Crippen molar-refractivity contribution in [3.63, 3.8) is 0 Å². The van der Waals surface area contributed by atoms with Crippen LogP contribution in [-0.2, 0) is 35.0 Å². The van der Waals surface area contributed by atoms with Gasteiger partial charge in [-0.05, 0) is 78.6 Å². The fraction of sp³-hybridized carbons (Fsp3) is 0.806. The molecule has 0 radical (unpaired) electrons. The highest BCUT2D eigenvalue weighted by atomic mass is 16.7. The highest BCUT2D eigenvalue weighted by Crippen LogP contribution is 2.39. The van der Waals surface area contributed by atoms with E-state index < -0.39 is 89.7 Å². The van der Waals surface area contributed by atoms with Gasteiger partial charge in [0.2, 0.25) is 0 Å². The minimum atomic E-state index is -1.95. The van der Waals surface area contributed by atoms with E-state index in [4.69, 9.17) is 18.9 Å². The van der Waals surface area contributed by atoms with Gasteiger partial charge in [-0.25, -0.2) is 0 Å². The van der Waals surface area contributed by atoms with Crippen molar-refractivity contribution in [2.75, 3.05) is 14.1 Å². The summed E-state index contributed by atoms with van der Waals surface area (Å²) in [5, 5.41) is 57.9. The number of ether oxygens (including phenoxy) is 4. The van der Waals surface area contributed by atoms with Crippen molar-refractivity contribution in [2.45, 2.75) is 147 Å². The maximum absolute atomic E-state index is 13.9. The lowest BCUT2D eigenvalue weighted by molar-refractivity contribution is -0.300. The number of aromatic nitrogens is 1. The van der Waals surface area contributed by atoms with Crippen LogP contribution in [0.25, 0.3) is 0 Å². The van der Waals surface area contributed by atoms with E-state index in [0.29, 0.717) is 12.0 Å². The Balaban J connectivity index is 2.14. The van der Waals surface area contributed by atoms with E-state index in [-0.39, 0.29) is 31.4 Å². The number of aliphatic hydroxyl groups is 5. The summed E-state index contributed by atoms with van der Waals surface area (Å²) in [4.78, 5) is 33.2. The molecular weight excluding hydrogens is 636 g/mol. The van der Waals surface area contributed by atoms with Crippen molar-refractivity contribution in [1.82, 2.24) is 9.88 Å². The van der Waals surface area contributed by atoms with Gasteiger partial charge < -0.3 is 49.4 Å². The minimum absolute atomic E-state index is 0.0652. The van der Waals surface area contributed by atoms with Crippen molar-refractivity contribution in [3.8, 4) is 0 Å². The van der Waals surface area contributed by atoms with Gasteiger partial charge in [-0.1, -0.05) is 33.8 Å². The molecule has 1 unspecified atom stereocenters. The second kappa shape index (κ2) is 16.9. The van der Waals surface area contributed by atoms with Crippen molar-refractivity contribution < 1.29 is 54.1 Å². The number of carbonyl (C=O) groups excluding carboxylic acids is 2. The molecular formula is C36H60N2O11. The Morgan fingerprint density at radius 2 is 1.71 bits per heavy atom. The summed E-state index contributed by atoms with van der Waals surface area (Å²) in [6, 6.07) is 3.08. The molecule has 13 nitrogen and oxygen atoms in total. The molecule has 280 valence electrons. The monoisotopic (exact) mass is 696 g/mol. The first-order chi connectivity index (χ1) is 22.7. The van der Waals surface area contributed by atoms with Gasteiger partial charge in [-0.3, -0.25) is 14.6 Å². The number of aliphatic hydroxyl groups excluding tert-OH is 3. The SMILES string of the molecule is CC[C@H]1OC(=O)[C@H](C)[C@@H](OC(=O)Cc2cccnc2)[C@H](C)[C@@H](OC2O[C@H](C)C[C@H](N(C)C)[C@H]2O)[C@@](C)(O)C[C@@H](C)[C@H](O)[C@H](C)[C@@H](O)[C@]1(C)O. The topological polar surface area (TPSA) is 188 Å². The summed E-state index contributed by atoms with van der Waals surface area (Å²) < 4.78 is 24.5. The Bertz CT molecular complexity index is 1210. The van der Waals surface area contributed by atoms with Crippen LogP contribution in [0.2, 0.25) is 0 Å². The predicted octanol–water partition coefficient (Wildman–Crippen LogP) is 1.84. The molecule has 2 aliphatic rings. The zero-order valence-corrected chi connectivity index (χ0v) is 30.7. The first-order valence-corrected chi connectivity index (χ1v) is 17.5. The van der Waals surface area contributed by atoms with Crippen LogP contribution in [-0.4, -0.2) is 128 Å². The lowest BCUT2D eigenvalue weighted by Gasteiger charge is -2.48. The number of hydrogen-bond donors (Lipinski definition) is 5. The van der Waals surface area contributed by atoms with Gasteiger partial charge in [0, 0.05) is 30.3 Å². The Morgan fingerprint density at radius 3 is 2.29 bits per heavy atom. The third-order valence-corrected chi connectivity index (χ3v) is 10.6. The van der Waals surface area contributed by atoms with E-state index in [0.717, 1.165) is 0 Å². The van der Waals surface area contributed by atoms with Crippen molar-refractivity contribution >= 4 is 11.9 Å². The average molecular weight is 697 g/mol. The van der Waals surface area contributed by atoms with E-state index in [1.165, 1.54) is 27.0 Å². The van der Waals surface area contributed by atoms with Crippen molar-refractivity contribution in [3.05, 3.63) is 30.1 Å². The van der Waals surface area contributed by atoms with Crippen LogP contribution in [0, 0.1) is 23.7 Å². The molecule has 15 atom stereocenters. The first-order valence-electron chi connectivity index (χ1n) is 17.5. The highest BCUT2D eigenvalue weighted by molar-refractivity contribution is 5.76. The fourth-order valence-electron chi connectivity index (χ4n) is 7.65. The van der Waals surface area contributed by atoms with Gasteiger partial charge in [-0.15, -0.1) is 0 Å². The molecule has 0 spiro atoms. The third-order valence-electron chi connectivity index (χ3n) is 10.6. The van der Waals surface area contributed by atoms with E-state index >= 15 is 0 Å². The molecule has 2 aliphatic heterocycles. The molecule has 49 heavy (non-hydrogen) atoms. The van der Waals surface area contributed by atoms with Crippen molar-refractivity contribution in [1.29, 1.82) is 0 Å². The second-order valence-corrected chi connectivity index (χ2v) is 15.2. The lowest BCUT2D eigenvalue weighted by atomic mass is 9.73. The van der Waals surface area contributed by atoms with Crippen LogP contribution in [0.3, 0.4) is 0 Å². The highest BCUT2D eigenvalue weighted by Gasteiger charge is 2.52. The standard InChI is InChI=1S/C36H60N2O11/c1-11-26-36(8,45)31(42)21(4)28(40)19(2)17-35(7,44)32(49-34-29(41)25(38(9)10)15-20(3)46-34)22(5)30(23(6)33(43)47-26)48-27(39)16-24-13-12-14-37-18-24/h12-14,18-23,25-26,28-32,34,40-42,44-45H,11,15-17H2,1-10H3/t19-,20-,21+,22+,23-,25+,26-,28+,29-,30+,31-,32-,34?,35+,36-/m1/s1. The van der Waals surface area contributed by atoms with Crippen LogP contribution in [0.1, 0.15) is 80.2 Å². The molecule has 5 N–H and O–H groups in total. The maximum atomic E-state index is 13.9. The van der Waals surface area contributed by atoms with Gasteiger partial charge in [0.15, 0.2) is 6.29 Å². The molecule has 0 aliphatic carbocycles. The fourth-order valence-corrected chi connectivity index (χ4v) is 7.65. The van der Waals surface area contributed by atoms with Crippen molar-refractivity contribution in [2.24, 2.45) is 23.7 Å². The van der Waals surface area contributed by atoms with Crippen LogP contribution < -0.4 is 0 Å². The van der Waals surface area contributed by atoms with Crippen LogP contribution >= 0.6 is 0 Å². The second-order valence-electron chi connectivity index (χ2n) is 15.2. The Labute approximate surface area is 290 Å². The number of likely N-dealkylation sites (N-methyl/N-ethyl adjacent to an activating group) is 1. The number of esters is 2. The summed E-state index contributed by atoms with van der Waals surface area (Å²) in [5.41, 5.74) is -3.13. The van der Waals surface area contributed by atoms with Crippen LogP contribution in [0.4, 0.5) is 0 Å². The van der Waals surface area contributed by atoms with E-state index in [1.54, 1.807) is 46.0 Å². The quantitative estimate of drug-likeness (QED) is 0.260. The Morgan fingerprint density at radius 1 is 1.06 bits per heavy atom. The molecule has 2 fully saturated rings. The average Bonchev–Trinajstić information content (AvgIpc) is 3.03. The molecule has 0 saturated carbocycles. The molecule has 0 bridgehead atoms. The Kier molecular flexibility index (Phi) is 14.2. The number of nitrogens with zero attached hydrogens (tertiary/aromatic N) is 2. The van der Waals surface area contributed by atoms with Crippen LogP contribution in [0.15, 0.2) is 24.5 Å². The number of carbonyl (C=O) groups is 2. The number of hydrogen-bond acceptors (Lipinski definition) is 13. The molecule has 2 saturated heterocycles. The summed E-state index contributed by atoms with van der Waals surface area (Å²) in [6.07, 6.45) is -5.36. The summed E-state index contributed by atoms with van der Waals surface area (Å²) in [7, 11) is 3.68. The predicted molar refractivity (Wildman–Crippen MR) is 180 cm³/mol. The largest absolute Gasteiger partial charge is 0.461 e. The molecule has 1 aromatic rings. The molecule has 1 aromatic heterocycles. The van der Waals surface area contributed by atoms with Gasteiger partial charge in [0.1, 0.15) is 23.9 Å². The third kappa shape index (κ3) is 9.76. The normalized spacial score (nSPS) is 43.0. The zero-order valence-electron chi connectivity index (χ0n) is 30.7. The van der Waals surface area contributed by atoms with Gasteiger partial charge in [-0.2, -0.15) is 0 Å². The molecule has 0 aromatic carbocycles. The molecule has 3 rings (SSSR count). The van der Waals surface area contributed by atoms with Gasteiger partial charge in [0.05, 0.1) is 42.4 Å². The number of cyclic esters (lactones) is 1. The van der Waals surface area contributed by atoms with Gasteiger partial charge >= 0.3 is 11.9 Å². The number of pyridine rings is 1. The Hall–Kier alpha value is -2.23.